The number of rotatable bonds is 4. The zero-order chi connectivity index (χ0) is 18.2. The fourth-order valence-electron chi connectivity index (χ4n) is 3.01. The Kier molecular flexibility index (Phi) is 3.72. The molecule has 27 heavy (non-hydrogen) atoms. The number of hydrogen-bond acceptors (Lipinski definition) is 6. The van der Waals surface area contributed by atoms with Crippen molar-refractivity contribution in [1.82, 2.24) is 14.7 Å². The monoisotopic (exact) mass is 375 g/mol. The van der Waals surface area contributed by atoms with Gasteiger partial charge in [-0.2, -0.15) is 0 Å². The zero-order valence-electron chi connectivity index (χ0n) is 14.0. The third-order valence-corrected chi connectivity index (χ3v) is 5.19. The van der Waals surface area contributed by atoms with E-state index in [-0.39, 0.29) is 12.1 Å². The topological polar surface area (TPSA) is 74.1 Å². The molecule has 0 bridgehead atoms. The number of fused-ring (bicyclic) bond motifs is 1. The first-order chi connectivity index (χ1) is 13.3. The lowest BCUT2D eigenvalue weighted by molar-refractivity contribution is 0.408. The quantitative estimate of drug-likeness (QED) is 0.465. The molecule has 1 aromatic carbocycles. The van der Waals surface area contributed by atoms with Gasteiger partial charge in [-0.05, 0) is 17.7 Å². The number of aromatic nitrogens is 3. The molecule has 132 valence electrons. The van der Waals surface area contributed by atoms with Gasteiger partial charge in [0.05, 0.1) is 24.5 Å². The second-order valence-electron chi connectivity index (χ2n) is 6.03. The van der Waals surface area contributed by atoms with Gasteiger partial charge in [0.1, 0.15) is 10.5 Å². The Labute approximate surface area is 157 Å². The van der Waals surface area contributed by atoms with Gasteiger partial charge in [-0.15, -0.1) is 11.3 Å². The number of furan rings is 1. The van der Waals surface area contributed by atoms with E-state index in [2.05, 4.69) is 10.1 Å². The molecule has 4 aromatic heterocycles. The van der Waals surface area contributed by atoms with Crippen LogP contribution in [0.5, 0.6) is 0 Å². The van der Waals surface area contributed by atoms with Crippen LogP contribution in [0.3, 0.4) is 0 Å². The summed E-state index contributed by atoms with van der Waals surface area (Å²) in [6.45, 7) is 0.274. The molecule has 0 fully saturated rings. The van der Waals surface area contributed by atoms with Crippen LogP contribution in [0, 0.1) is 0 Å². The van der Waals surface area contributed by atoms with Crippen molar-refractivity contribution in [1.29, 1.82) is 0 Å². The Bertz CT molecular complexity index is 1270. The van der Waals surface area contributed by atoms with Crippen LogP contribution in [0.4, 0.5) is 0 Å². The minimum atomic E-state index is -0.0948. The molecule has 0 atom stereocenters. The normalized spacial score (nSPS) is 11.3. The maximum atomic E-state index is 13.1. The first-order valence-electron chi connectivity index (χ1n) is 8.31. The minimum Gasteiger partial charge on any atom is -0.461 e. The van der Waals surface area contributed by atoms with Gasteiger partial charge in [-0.1, -0.05) is 35.5 Å². The van der Waals surface area contributed by atoms with Gasteiger partial charge in [0.25, 0.3) is 5.56 Å². The summed E-state index contributed by atoms with van der Waals surface area (Å²) in [7, 11) is 0. The lowest BCUT2D eigenvalue weighted by Gasteiger charge is -2.04. The molecule has 0 saturated carbocycles. The van der Waals surface area contributed by atoms with E-state index in [1.54, 1.807) is 35.4 Å². The number of nitrogens with zero attached hydrogens (tertiary/aromatic N) is 3. The Morgan fingerprint density at radius 3 is 2.78 bits per heavy atom. The minimum absolute atomic E-state index is 0.0948. The number of benzene rings is 1. The highest BCUT2D eigenvalue weighted by Crippen LogP contribution is 2.30. The maximum absolute atomic E-state index is 13.1. The zero-order valence-corrected chi connectivity index (χ0v) is 14.8. The van der Waals surface area contributed by atoms with E-state index >= 15 is 0 Å². The molecular weight excluding hydrogens is 362 g/mol. The van der Waals surface area contributed by atoms with Crippen LogP contribution < -0.4 is 5.56 Å². The number of thiophene rings is 1. The van der Waals surface area contributed by atoms with Crippen molar-refractivity contribution < 1.29 is 8.94 Å². The fraction of sp³-hybridized carbons (Fsp3) is 0.0500. The summed E-state index contributed by atoms with van der Waals surface area (Å²) in [5.74, 6) is 1.12. The second kappa shape index (κ2) is 6.37. The van der Waals surface area contributed by atoms with E-state index < -0.39 is 0 Å². The summed E-state index contributed by atoms with van der Waals surface area (Å²) in [5, 5.41) is 6.64. The van der Waals surface area contributed by atoms with Crippen molar-refractivity contribution in [3.05, 3.63) is 82.5 Å². The summed E-state index contributed by atoms with van der Waals surface area (Å²) in [6, 6.07) is 15.2. The fourth-order valence-corrected chi connectivity index (χ4v) is 3.91. The molecule has 0 aliphatic carbocycles. The molecule has 0 unspecified atom stereocenters. The third kappa shape index (κ3) is 2.78. The van der Waals surface area contributed by atoms with E-state index in [0.717, 1.165) is 16.0 Å². The molecule has 0 N–H and O–H groups in total. The summed E-state index contributed by atoms with van der Waals surface area (Å²) >= 11 is 1.47. The van der Waals surface area contributed by atoms with Crippen molar-refractivity contribution >= 4 is 21.6 Å². The highest BCUT2D eigenvalue weighted by atomic mass is 32.1. The van der Waals surface area contributed by atoms with E-state index in [0.29, 0.717) is 22.6 Å². The molecule has 0 amide bonds. The molecule has 4 heterocycles. The lowest BCUT2D eigenvalue weighted by atomic mass is 10.1. The first-order valence-corrected chi connectivity index (χ1v) is 9.19. The van der Waals surface area contributed by atoms with Crippen LogP contribution in [0.2, 0.25) is 0 Å². The maximum Gasteiger partial charge on any atom is 0.263 e. The molecule has 0 aliphatic rings. The first kappa shape index (κ1) is 15.8. The van der Waals surface area contributed by atoms with Crippen molar-refractivity contribution in [2.75, 3.05) is 0 Å². The molecule has 5 rings (SSSR count). The summed E-state index contributed by atoms with van der Waals surface area (Å²) in [6.07, 6.45) is 3.12. The highest BCUT2D eigenvalue weighted by molar-refractivity contribution is 7.17. The van der Waals surface area contributed by atoms with Crippen LogP contribution >= 0.6 is 11.3 Å². The van der Waals surface area contributed by atoms with Crippen LogP contribution in [-0.4, -0.2) is 14.7 Å². The average Bonchev–Trinajstić information content (AvgIpc) is 3.45. The van der Waals surface area contributed by atoms with Gasteiger partial charge >= 0.3 is 0 Å². The largest absolute Gasteiger partial charge is 0.461 e. The Morgan fingerprint density at radius 1 is 1.07 bits per heavy atom. The van der Waals surface area contributed by atoms with Gasteiger partial charge in [-0.25, -0.2) is 4.98 Å². The Morgan fingerprint density at radius 2 is 1.96 bits per heavy atom. The molecular formula is C20H13N3O3S. The van der Waals surface area contributed by atoms with Crippen LogP contribution in [0.15, 0.2) is 80.2 Å². The summed E-state index contributed by atoms with van der Waals surface area (Å²) in [5.41, 5.74) is 2.43. The van der Waals surface area contributed by atoms with E-state index in [4.69, 9.17) is 8.94 Å². The third-order valence-electron chi connectivity index (χ3n) is 4.30. The molecule has 0 radical (unpaired) electrons. The predicted molar refractivity (Wildman–Crippen MR) is 103 cm³/mol. The van der Waals surface area contributed by atoms with Gasteiger partial charge in [0.15, 0.2) is 5.76 Å². The Hall–Kier alpha value is -3.45. The highest BCUT2D eigenvalue weighted by Gasteiger charge is 2.15. The SMILES string of the molecule is O=c1c2c(-c3ccccc3)csc2ncn1Cc1cc(-c2ccco2)on1. The van der Waals surface area contributed by atoms with Crippen molar-refractivity contribution in [3.63, 3.8) is 0 Å². The van der Waals surface area contributed by atoms with Gasteiger partial charge < -0.3 is 8.94 Å². The smallest absolute Gasteiger partial charge is 0.263 e. The van der Waals surface area contributed by atoms with Gasteiger partial charge in [0, 0.05) is 17.0 Å². The van der Waals surface area contributed by atoms with E-state index in [1.165, 1.54) is 11.3 Å². The molecule has 0 saturated heterocycles. The molecule has 0 aliphatic heterocycles. The van der Waals surface area contributed by atoms with Crippen LogP contribution in [0.25, 0.3) is 32.9 Å². The molecule has 6 nitrogen and oxygen atoms in total. The Balaban J connectivity index is 1.55. The lowest BCUT2D eigenvalue weighted by Crippen LogP contribution is -2.21. The molecule has 5 aromatic rings. The second-order valence-corrected chi connectivity index (χ2v) is 6.89. The van der Waals surface area contributed by atoms with Crippen LogP contribution in [-0.2, 0) is 6.54 Å². The summed E-state index contributed by atoms with van der Waals surface area (Å²) in [4.78, 5) is 18.3. The van der Waals surface area contributed by atoms with Crippen molar-refractivity contribution in [2.45, 2.75) is 6.54 Å². The predicted octanol–water partition coefficient (Wildman–Crippen LogP) is 4.42. The van der Waals surface area contributed by atoms with Crippen molar-refractivity contribution in [2.24, 2.45) is 0 Å². The van der Waals surface area contributed by atoms with Gasteiger partial charge in [-0.3, -0.25) is 9.36 Å². The van der Waals surface area contributed by atoms with Crippen LogP contribution in [0.1, 0.15) is 5.69 Å². The average molecular weight is 375 g/mol. The number of hydrogen-bond donors (Lipinski definition) is 0. The molecule has 0 spiro atoms. The van der Waals surface area contributed by atoms with Crippen molar-refractivity contribution in [3.8, 4) is 22.6 Å². The van der Waals surface area contributed by atoms with E-state index in [1.807, 2.05) is 35.7 Å². The standard InChI is InChI=1S/C20H13N3O3S/c24-20-18-15(13-5-2-1-3-6-13)11-27-19(18)21-12-23(20)10-14-9-17(26-22-14)16-7-4-8-25-16/h1-9,11-12H,10H2. The van der Waals surface area contributed by atoms with E-state index in [9.17, 15) is 4.79 Å². The molecule has 7 heteroatoms. The van der Waals surface area contributed by atoms with Gasteiger partial charge in [0.2, 0.25) is 5.76 Å². The summed E-state index contributed by atoms with van der Waals surface area (Å²) < 4.78 is 12.2.